The quantitative estimate of drug-likeness (QED) is 0.797. The number of rotatable bonds is 3. The van der Waals surface area contributed by atoms with Crippen molar-refractivity contribution in [3.63, 3.8) is 0 Å². The van der Waals surface area contributed by atoms with Gasteiger partial charge in [-0.2, -0.15) is 0 Å². The van der Waals surface area contributed by atoms with Crippen molar-refractivity contribution in [1.82, 2.24) is 9.97 Å². The van der Waals surface area contributed by atoms with Gasteiger partial charge in [-0.05, 0) is 32.8 Å². The van der Waals surface area contributed by atoms with Gasteiger partial charge in [0.15, 0.2) is 0 Å². The Kier molecular flexibility index (Phi) is 5.11. The van der Waals surface area contributed by atoms with Crippen LogP contribution in [-0.2, 0) is 4.74 Å². The van der Waals surface area contributed by atoms with Gasteiger partial charge in [-0.25, -0.2) is 19.7 Å². The maximum absolute atomic E-state index is 12.2. The Morgan fingerprint density at radius 3 is 2.58 bits per heavy atom. The maximum Gasteiger partial charge on any atom is 0.417 e. The maximum atomic E-state index is 12.2. The van der Waals surface area contributed by atoms with Gasteiger partial charge >= 0.3 is 6.09 Å². The lowest BCUT2D eigenvalue weighted by atomic mass is 10.2. The number of aromatic nitrogens is 2. The summed E-state index contributed by atoms with van der Waals surface area (Å²) in [5, 5.41) is 0.294. The molecular weight excluding hydrogens is 266 g/mol. The van der Waals surface area contributed by atoms with E-state index < -0.39 is 11.7 Å². The van der Waals surface area contributed by atoms with Crippen LogP contribution < -0.4 is 4.90 Å². The first kappa shape index (κ1) is 15.7. The molecule has 0 N–H and O–H groups in total. The topological polar surface area (TPSA) is 55.3 Å². The van der Waals surface area contributed by atoms with Crippen molar-refractivity contribution in [2.24, 2.45) is 5.92 Å². The van der Waals surface area contributed by atoms with Crippen molar-refractivity contribution in [2.45, 2.75) is 40.2 Å². The predicted molar refractivity (Wildman–Crippen MR) is 75.5 cm³/mol. The third-order valence-corrected chi connectivity index (χ3v) is 2.22. The minimum absolute atomic E-state index is 0.259. The summed E-state index contributed by atoms with van der Waals surface area (Å²) in [6.45, 7) is 9.92. The summed E-state index contributed by atoms with van der Waals surface area (Å²) in [7, 11) is 0. The molecule has 0 unspecified atom stereocenters. The lowest BCUT2D eigenvalue weighted by molar-refractivity contribution is 0.0573. The number of hydrogen-bond donors (Lipinski definition) is 0. The number of ether oxygens (including phenoxy) is 1. The van der Waals surface area contributed by atoms with E-state index in [0.29, 0.717) is 11.7 Å². The van der Waals surface area contributed by atoms with Crippen molar-refractivity contribution >= 4 is 23.6 Å². The molecular formula is C13H20ClN3O2. The monoisotopic (exact) mass is 285 g/mol. The molecule has 0 aliphatic rings. The Labute approximate surface area is 118 Å². The zero-order valence-corrected chi connectivity index (χ0v) is 12.7. The zero-order valence-electron chi connectivity index (χ0n) is 12.0. The van der Waals surface area contributed by atoms with E-state index in [4.69, 9.17) is 16.3 Å². The molecule has 106 valence electrons. The van der Waals surface area contributed by atoms with Crippen molar-refractivity contribution < 1.29 is 9.53 Å². The standard InChI is InChI=1S/C13H20ClN3O2/c1-9(2)8-17(12(18)19-13(3,4)5)11-15-7-6-10(14)16-11/h6-7,9H,8H2,1-5H3. The molecule has 0 bridgehead atoms. The number of hydrogen-bond acceptors (Lipinski definition) is 4. The number of halogens is 1. The molecule has 0 radical (unpaired) electrons. The lowest BCUT2D eigenvalue weighted by Gasteiger charge is -2.27. The molecule has 19 heavy (non-hydrogen) atoms. The molecule has 1 heterocycles. The number of carbonyl (C=O) groups is 1. The molecule has 6 heteroatoms. The van der Waals surface area contributed by atoms with E-state index in [0.717, 1.165) is 0 Å². The Bertz CT molecular complexity index is 444. The second-order valence-electron chi connectivity index (χ2n) is 5.66. The van der Waals surface area contributed by atoms with Crippen LogP contribution in [0.3, 0.4) is 0 Å². The van der Waals surface area contributed by atoms with E-state index in [1.54, 1.807) is 6.07 Å². The fourth-order valence-electron chi connectivity index (χ4n) is 1.38. The van der Waals surface area contributed by atoms with Crippen LogP contribution in [0.15, 0.2) is 12.3 Å². The van der Waals surface area contributed by atoms with Gasteiger partial charge in [0.1, 0.15) is 10.8 Å². The average Bonchev–Trinajstić information content (AvgIpc) is 2.23. The van der Waals surface area contributed by atoms with Crippen LogP contribution in [0.5, 0.6) is 0 Å². The van der Waals surface area contributed by atoms with Crippen molar-refractivity contribution in [3.05, 3.63) is 17.4 Å². The molecule has 1 aromatic rings. The molecule has 0 aromatic carbocycles. The summed E-state index contributed by atoms with van der Waals surface area (Å²) in [5.74, 6) is 0.519. The second-order valence-corrected chi connectivity index (χ2v) is 6.05. The Hall–Kier alpha value is -1.36. The van der Waals surface area contributed by atoms with E-state index in [2.05, 4.69) is 9.97 Å². The van der Waals surface area contributed by atoms with E-state index in [9.17, 15) is 4.79 Å². The highest BCUT2D eigenvalue weighted by molar-refractivity contribution is 6.29. The molecule has 0 saturated heterocycles. The van der Waals surface area contributed by atoms with E-state index in [1.807, 2.05) is 34.6 Å². The van der Waals surface area contributed by atoms with Gasteiger partial charge in [0.05, 0.1) is 0 Å². The van der Waals surface area contributed by atoms with Gasteiger partial charge in [-0.3, -0.25) is 0 Å². The third-order valence-electron chi connectivity index (χ3n) is 2.01. The molecule has 5 nitrogen and oxygen atoms in total. The average molecular weight is 286 g/mol. The summed E-state index contributed by atoms with van der Waals surface area (Å²) >= 11 is 5.83. The fraction of sp³-hybridized carbons (Fsp3) is 0.615. The van der Waals surface area contributed by atoms with Gasteiger partial charge < -0.3 is 4.74 Å². The first-order valence-electron chi connectivity index (χ1n) is 6.18. The second kappa shape index (κ2) is 6.19. The van der Waals surface area contributed by atoms with Crippen LogP contribution in [0.2, 0.25) is 5.15 Å². The molecule has 0 aliphatic carbocycles. The Balaban J connectivity index is 2.98. The Morgan fingerprint density at radius 2 is 2.11 bits per heavy atom. The largest absolute Gasteiger partial charge is 0.443 e. The fourth-order valence-corrected chi connectivity index (χ4v) is 1.51. The molecule has 0 saturated carbocycles. The van der Waals surface area contributed by atoms with Crippen molar-refractivity contribution in [3.8, 4) is 0 Å². The number of anilines is 1. The lowest BCUT2D eigenvalue weighted by Crippen LogP contribution is -2.40. The minimum atomic E-state index is -0.565. The smallest absolute Gasteiger partial charge is 0.417 e. The summed E-state index contributed by atoms with van der Waals surface area (Å²) in [4.78, 5) is 21.7. The van der Waals surface area contributed by atoms with E-state index in [-0.39, 0.29) is 11.9 Å². The van der Waals surface area contributed by atoms with Crippen molar-refractivity contribution in [2.75, 3.05) is 11.4 Å². The molecule has 1 rings (SSSR count). The minimum Gasteiger partial charge on any atom is -0.443 e. The highest BCUT2D eigenvalue weighted by atomic mass is 35.5. The summed E-state index contributed by atoms with van der Waals surface area (Å²) in [5.41, 5.74) is -0.565. The summed E-state index contributed by atoms with van der Waals surface area (Å²) in [6.07, 6.45) is 1.05. The first-order chi connectivity index (χ1) is 8.69. The van der Waals surface area contributed by atoms with E-state index >= 15 is 0 Å². The van der Waals surface area contributed by atoms with Gasteiger partial charge in [0.2, 0.25) is 5.95 Å². The summed E-state index contributed by atoms with van der Waals surface area (Å²) in [6, 6.07) is 1.56. The molecule has 0 fully saturated rings. The zero-order chi connectivity index (χ0) is 14.6. The van der Waals surface area contributed by atoms with Gasteiger partial charge in [0, 0.05) is 12.7 Å². The van der Waals surface area contributed by atoms with Crippen LogP contribution >= 0.6 is 11.6 Å². The number of carbonyl (C=O) groups excluding carboxylic acids is 1. The molecule has 0 spiro atoms. The number of amides is 1. The molecule has 1 amide bonds. The van der Waals surface area contributed by atoms with Gasteiger partial charge in [0.25, 0.3) is 0 Å². The third kappa shape index (κ3) is 5.42. The van der Waals surface area contributed by atoms with E-state index in [1.165, 1.54) is 11.1 Å². The SMILES string of the molecule is CC(C)CN(C(=O)OC(C)(C)C)c1nccc(Cl)n1. The van der Waals surface area contributed by atoms with Crippen LogP contribution in [0.4, 0.5) is 10.7 Å². The molecule has 0 aliphatic heterocycles. The predicted octanol–water partition coefficient (Wildman–Crippen LogP) is 3.53. The highest BCUT2D eigenvalue weighted by Crippen LogP contribution is 2.17. The first-order valence-corrected chi connectivity index (χ1v) is 6.56. The van der Waals surface area contributed by atoms with Crippen LogP contribution in [0.1, 0.15) is 34.6 Å². The van der Waals surface area contributed by atoms with Crippen LogP contribution in [-0.4, -0.2) is 28.2 Å². The van der Waals surface area contributed by atoms with Gasteiger partial charge in [-0.1, -0.05) is 25.4 Å². The number of nitrogens with zero attached hydrogens (tertiary/aromatic N) is 3. The summed E-state index contributed by atoms with van der Waals surface area (Å²) < 4.78 is 5.36. The Morgan fingerprint density at radius 1 is 1.47 bits per heavy atom. The highest BCUT2D eigenvalue weighted by Gasteiger charge is 2.25. The van der Waals surface area contributed by atoms with Crippen molar-refractivity contribution in [1.29, 1.82) is 0 Å². The normalized spacial score (nSPS) is 11.5. The van der Waals surface area contributed by atoms with Crippen LogP contribution in [0.25, 0.3) is 0 Å². The van der Waals surface area contributed by atoms with Gasteiger partial charge in [-0.15, -0.1) is 0 Å². The molecule has 0 atom stereocenters. The molecule has 1 aromatic heterocycles. The van der Waals surface area contributed by atoms with Crippen LogP contribution in [0, 0.1) is 5.92 Å².